The van der Waals surface area contributed by atoms with Crippen LogP contribution in [0, 0.1) is 5.92 Å². The molecular formula is C10H15NO3S2. The Morgan fingerprint density at radius 1 is 1.38 bits per heavy atom. The van der Waals surface area contributed by atoms with Gasteiger partial charge in [0.1, 0.15) is 0 Å². The standard InChI is InChI=1S/C10H15NO3S2/c12-10(7-1-2-16(13,14)6-7)11-4-9-3-8(11)5-15-9/h7-9H,1-6H2/t7-,8+,9-/m1/s1. The molecule has 0 aromatic heterocycles. The zero-order valence-corrected chi connectivity index (χ0v) is 10.6. The molecule has 0 saturated carbocycles. The fourth-order valence-corrected chi connectivity index (χ4v) is 6.06. The van der Waals surface area contributed by atoms with E-state index in [2.05, 4.69) is 0 Å². The number of thioether (sulfide) groups is 1. The number of sulfone groups is 1. The highest BCUT2D eigenvalue weighted by atomic mass is 32.2. The summed E-state index contributed by atoms with van der Waals surface area (Å²) in [6.07, 6.45) is 1.64. The van der Waals surface area contributed by atoms with Crippen molar-refractivity contribution in [3.63, 3.8) is 0 Å². The number of hydrogen-bond acceptors (Lipinski definition) is 4. The molecule has 0 aromatic rings. The number of likely N-dealkylation sites (tertiary alicyclic amines) is 1. The number of carbonyl (C=O) groups is 1. The van der Waals surface area contributed by atoms with E-state index >= 15 is 0 Å². The smallest absolute Gasteiger partial charge is 0.227 e. The van der Waals surface area contributed by atoms with E-state index in [4.69, 9.17) is 0 Å². The molecule has 0 aliphatic carbocycles. The molecule has 90 valence electrons. The van der Waals surface area contributed by atoms with Gasteiger partial charge in [0.25, 0.3) is 0 Å². The van der Waals surface area contributed by atoms with E-state index in [1.165, 1.54) is 0 Å². The molecule has 3 saturated heterocycles. The fourth-order valence-electron chi connectivity index (χ4n) is 2.89. The van der Waals surface area contributed by atoms with E-state index in [1.54, 1.807) is 0 Å². The minimum Gasteiger partial charge on any atom is -0.337 e. The van der Waals surface area contributed by atoms with Gasteiger partial charge >= 0.3 is 0 Å². The largest absolute Gasteiger partial charge is 0.337 e. The summed E-state index contributed by atoms with van der Waals surface area (Å²) in [5, 5.41) is 0.604. The second-order valence-electron chi connectivity index (χ2n) is 4.94. The average Bonchev–Trinajstić information content (AvgIpc) is 2.90. The topological polar surface area (TPSA) is 54.5 Å². The minimum absolute atomic E-state index is 0.0763. The van der Waals surface area contributed by atoms with Gasteiger partial charge in [-0.3, -0.25) is 4.79 Å². The van der Waals surface area contributed by atoms with Crippen molar-refractivity contribution >= 4 is 27.5 Å². The molecule has 2 bridgehead atoms. The van der Waals surface area contributed by atoms with Crippen LogP contribution >= 0.6 is 11.8 Å². The van der Waals surface area contributed by atoms with Gasteiger partial charge in [-0.25, -0.2) is 8.42 Å². The lowest BCUT2D eigenvalue weighted by molar-refractivity contribution is -0.135. The third-order valence-electron chi connectivity index (χ3n) is 3.77. The summed E-state index contributed by atoms with van der Waals surface area (Å²) in [5.41, 5.74) is 0. The molecule has 0 N–H and O–H groups in total. The van der Waals surface area contributed by atoms with Crippen LogP contribution in [0.15, 0.2) is 0 Å². The van der Waals surface area contributed by atoms with E-state index in [9.17, 15) is 13.2 Å². The summed E-state index contributed by atoms with van der Waals surface area (Å²) in [7, 11) is -2.94. The van der Waals surface area contributed by atoms with E-state index in [-0.39, 0.29) is 23.3 Å². The van der Waals surface area contributed by atoms with Gasteiger partial charge in [-0.05, 0) is 12.8 Å². The van der Waals surface area contributed by atoms with Crippen LogP contribution in [0.3, 0.4) is 0 Å². The molecule has 1 amide bonds. The van der Waals surface area contributed by atoms with Gasteiger partial charge in [0, 0.05) is 23.6 Å². The number of amides is 1. The summed E-state index contributed by atoms with van der Waals surface area (Å²) in [6.45, 7) is 0.838. The summed E-state index contributed by atoms with van der Waals surface area (Å²) in [6, 6.07) is 0.380. The molecule has 16 heavy (non-hydrogen) atoms. The first kappa shape index (κ1) is 10.9. The molecule has 3 heterocycles. The fraction of sp³-hybridized carbons (Fsp3) is 0.900. The lowest BCUT2D eigenvalue weighted by atomic mass is 10.1. The quantitative estimate of drug-likeness (QED) is 0.673. The van der Waals surface area contributed by atoms with Crippen molar-refractivity contribution in [3.8, 4) is 0 Å². The normalized spacial score (nSPS) is 40.5. The van der Waals surface area contributed by atoms with Crippen LogP contribution in [0.5, 0.6) is 0 Å². The van der Waals surface area contributed by atoms with Gasteiger partial charge in [-0.15, -0.1) is 0 Å². The molecule has 0 unspecified atom stereocenters. The number of rotatable bonds is 1. The lowest BCUT2D eigenvalue weighted by Gasteiger charge is -2.28. The number of nitrogens with zero attached hydrogens (tertiary/aromatic N) is 1. The molecule has 0 radical (unpaired) electrons. The molecule has 0 spiro atoms. The summed E-state index contributed by atoms with van der Waals surface area (Å²) in [4.78, 5) is 14.1. The third-order valence-corrected chi connectivity index (χ3v) is 6.92. The van der Waals surface area contributed by atoms with E-state index in [0.29, 0.717) is 17.7 Å². The predicted octanol–water partition coefficient (Wildman–Crippen LogP) is 0.137. The molecule has 0 aromatic carbocycles. The van der Waals surface area contributed by atoms with Crippen LogP contribution in [-0.2, 0) is 14.6 Å². The molecule has 4 nitrogen and oxygen atoms in total. The van der Waals surface area contributed by atoms with E-state index < -0.39 is 9.84 Å². The number of fused-ring (bicyclic) bond motifs is 2. The van der Waals surface area contributed by atoms with Crippen molar-refractivity contribution in [2.24, 2.45) is 5.92 Å². The molecule has 3 fully saturated rings. The Morgan fingerprint density at radius 2 is 2.19 bits per heavy atom. The first-order valence-corrected chi connectivity index (χ1v) is 8.55. The summed E-state index contributed by atoms with van der Waals surface area (Å²) >= 11 is 1.94. The average molecular weight is 261 g/mol. The van der Waals surface area contributed by atoms with Crippen LogP contribution in [-0.4, -0.2) is 54.3 Å². The molecule has 3 aliphatic heterocycles. The van der Waals surface area contributed by atoms with Gasteiger partial charge in [0.15, 0.2) is 9.84 Å². The highest BCUT2D eigenvalue weighted by Crippen LogP contribution is 2.38. The monoisotopic (exact) mass is 261 g/mol. The van der Waals surface area contributed by atoms with Gasteiger partial charge in [-0.2, -0.15) is 11.8 Å². The van der Waals surface area contributed by atoms with Crippen LogP contribution in [0.2, 0.25) is 0 Å². The molecule has 6 heteroatoms. The van der Waals surface area contributed by atoms with Crippen LogP contribution in [0.1, 0.15) is 12.8 Å². The highest BCUT2D eigenvalue weighted by molar-refractivity contribution is 8.00. The molecule has 3 atom stereocenters. The number of carbonyl (C=O) groups excluding carboxylic acids is 1. The van der Waals surface area contributed by atoms with Gasteiger partial charge < -0.3 is 4.90 Å². The molecule has 3 aliphatic rings. The summed E-state index contributed by atoms with van der Waals surface area (Å²) in [5.74, 6) is 1.14. The van der Waals surface area contributed by atoms with Crippen molar-refractivity contribution in [1.82, 2.24) is 4.90 Å². The van der Waals surface area contributed by atoms with E-state index in [1.807, 2.05) is 16.7 Å². The zero-order valence-electron chi connectivity index (χ0n) is 8.96. The highest BCUT2D eigenvalue weighted by Gasteiger charge is 2.44. The Balaban J connectivity index is 1.70. The Labute approximate surface area is 99.7 Å². The van der Waals surface area contributed by atoms with Crippen LogP contribution in [0.25, 0.3) is 0 Å². The van der Waals surface area contributed by atoms with Gasteiger partial charge in [0.05, 0.1) is 17.4 Å². The van der Waals surface area contributed by atoms with E-state index in [0.717, 1.165) is 18.7 Å². The SMILES string of the molecule is O=C([C@@H]1CCS(=O)(=O)C1)N1C[C@H]2C[C@H]1CS2. The zero-order chi connectivity index (χ0) is 11.3. The maximum atomic E-state index is 12.2. The second kappa shape index (κ2) is 3.63. The van der Waals surface area contributed by atoms with Crippen LogP contribution < -0.4 is 0 Å². The second-order valence-corrected chi connectivity index (χ2v) is 8.50. The third kappa shape index (κ3) is 1.76. The first-order valence-electron chi connectivity index (χ1n) is 5.68. The van der Waals surface area contributed by atoms with Crippen molar-refractivity contribution in [3.05, 3.63) is 0 Å². The number of hydrogen-bond donors (Lipinski definition) is 0. The Kier molecular flexibility index (Phi) is 2.47. The van der Waals surface area contributed by atoms with Crippen molar-refractivity contribution in [1.29, 1.82) is 0 Å². The minimum atomic E-state index is -2.94. The molecular weight excluding hydrogens is 246 g/mol. The Bertz CT molecular complexity index is 420. The summed E-state index contributed by atoms with van der Waals surface area (Å²) < 4.78 is 22.7. The lowest BCUT2D eigenvalue weighted by Crippen LogP contribution is -2.43. The maximum Gasteiger partial charge on any atom is 0.227 e. The Morgan fingerprint density at radius 3 is 2.69 bits per heavy atom. The van der Waals surface area contributed by atoms with Crippen molar-refractivity contribution in [2.75, 3.05) is 23.8 Å². The van der Waals surface area contributed by atoms with Crippen molar-refractivity contribution < 1.29 is 13.2 Å². The predicted molar refractivity (Wildman–Crippen MR) is 63.1 cm³/mol. The van der Waals surface area contributed by atoms with Crippen molar-refractivity contribution in [2.45, 2.75) is 24.1 Å². The van der Waals surface area contributed by atoms with Gasteiger partial charge in [0.2, 0.25) is 5.91 Å². The first-order chi connectivity index (χ1) is 7.55. The van der Waals surface area contributed by atoms with Crippen LogP contribution in [0.4, 0.5) is 0 Å². The van der Waals surface area contributed by atoms with Gasteiger partial charge in [-0.1, -0.05) is 0 Å². The Hall–Kier alpha value is -0.230. The molecule has 3 rings (SSSR count). The maximum absolute atomic E-state index is 12.2.